The molecular weight excluding hydrogens is 457 g/mol. The molecule has 7 heteroatoms. The van der Waals surface area contributed by atoms with Gasteiger partial charge in [0.15, 0.2) is 5.96 Å². The van der Waals surface area contributed by atoms with E-state index in [1.54, 1.807) is 11.3 Å². The Morgan fingerprint density at radius 2 is 2.23 bits per heavy atom. The Morgan fingerprint density at radius 1 is 1.42 bits per heavy atom. The van der Waals surface area contributed by atoms with Crippen LogP contribution >= 0.6 is 35.3 Å². The molecule has 0 aromatic carbocycles. The highest BCUT2D eigenvalue weighted by atomic mass is 127. The third kappa shape index (κ3) is 8.52. The van der Waals surface area contributed by atoms with E-state index >= 15 is 0 Å². The van der Waals surface area contributed by atoms with Crippen LogP contribution in [-0.4, -0.2) is 48.6 Å². The first-order valence-electron chi connectivity index (χ1n) is 9.77. The first kappa shape index (κ1) is 23.6. The van der Waals surface area contributed by atoms with Crippen molar-refractivity contribution >= 4 is 41.3 Å². The molecule has 1 aromatic heterocycles. The standard InChI is InChI=1S/C19H35N5S.HI/c1-5-20-19(22-12-18-23-17(14-25-18)15(2)3)21-9-7-11-24-10-6-8-16(4)13-24;/h14-16H,5-13H2,1-4H3,(H2,20,21,22);1H. The normalized spacial score (nSPS) is 18.7. The molecule has 1 atom stereocenters. The number of hydrogen-bond acceptors (Lipinski definition) is 4. The second-order valence-electron chi connectivity index (χ2n) is 7.34. The van der Waals surface area contributed by atoms with Gasteiger partial charge >= 0.3 is 0 Å². The molecule has 1 unspecified atom stereocenters. The van der Waals surface area contributed by atoms with Crippen molar-refractivity contribution in [3.05, 3.63) is 16.1 Å². The van der Waals surface area contributed by atoms with Crippen molar-refractivity contribution in [3.63, 3.8) is 0 Å². The van der Waals surface area contributed by atoms with Gasteiger partial charge in [0.2, 0.25) is 0 Å². The van der Waals surface area contributed by atoms with Gasteiger partial charge in [-0.1, -0.05) is 20.8 Å². The van der Waals surface area contributed by atoms with Crippen molar-refractivity contribution in [2.75, 3.05) is 32.7 Å². The molecule has 2 N–H and O–H groups in total. The topological polar surface area (TPSA) is 52.6 Å². The van der Waals surface area contributed by atoms with E-state index in [0.717, 1.165) is 36.4 Å². The van der Waals surface area contributed by atoms with Crippen LogP contribution in [0.1, 0.15) is 63.6 Å². The number of thiazole rings is 1. The summed E-state index contributed by atoms with van der Waals surface area (Å²) in [6, 6.07) is 0. The van der Waals surface area contributed by atoms with Crippen molar-refractivity contribution in [1.29, 1.82) is 0 Å². The van der Waals surface area contributed by atoms with Gasteiger partial charge in [-0.3, -0.25) is 0 Å². The van der Waals surface area contributed by atoms with E-state index in [2.05, 4.69) is 58.6 Å². The lowest BCUT2D eigenvalue weighted by molar-refractivity contribution is 0.182. The predicted molar refractivity (Wildman–Crippen MR) is 124 cm³/mol. The van der Waals surface area contributed by atoms with Crippen LogP contribution in [0.4, 0.5) is 0 Å². The van der Waals surface area contributed by atoms with Gasteiger partial charge in [0.1, 0.15) is 5.01 Å². The average Bonchev–Trinajstić information content (AvgIpc) is 3.06. The van der Waals surface area contributed by atoms with E-state index in [9.17, 15) is 0 Å². The van der Waals surface area contributed by atoms with Crippen LogP contribution in [0.5, 0.6) is 0 Å². The molecule has 1 aliphatic rings. The number of guanidine groups is 1. The van der Waals surface area contributed by atoms with Crippen molar-refractivity contribution in [1.82, 2.24) is 20.5 Å². The van der Waals surface area contributed by atoms with Gasteiger partial charge in [0.25, 0.3) is 0 Å². The summed E-state index contributed by atoms with van der Waals surface area (Å²) in [6.07, 6.45) is 3.90. The van der Waals surface area contributed by atoms with Crippen LogP contribution in [0.25, 0.3) is 0 Å². The Hall–Kier alpha value is -0.410. The molecule has 1 fully saturated rings. The highest BCUT2D eigenvalue weighted by Gasteiger charge is 2.15. The Bertz CT molecular complexity index is 532. The number of hydrogen-bond donors (Lipinski definition) is 2. The van der Waals surface area contributed by atoms with Gasteiger partial charge < -0.3 is 15.5 Å². The van der Waals surface area contributed by atoms with E-state index < -0.39 is 0 Å². The maximum atomic E-state index is 4.68. The van der Waals surface area contributed by atoms with E-state index in [0.29, 0.717) is 12.5 Å². The summed E-state index contributed by atoms with van der Waals surface area (Å²) in [6.45, 7) is 15.0. The molecule has 150 valence electrons. The lowest BCUT2D eigenvalue weighted by Gasteiger charge is -2.30. The van der Waals surface area contributed by atoms with Crippen LogP contribution in [0, 0.1) is 5.92 Å². The highest BCUT2D eigenvalue weighted by molar-refractivity contribution is 14.0. The Balaban J connectivity index is 0.00000338. The molecule has 1 saturated heterocycles. The van der Waals surface area contributed by atoms with E-state index in [1.807, 2.05) is 0 Å². The van der Waals surface area contributed by atoms with Gasteiger partial charge in [-0.05, 0) is 51.1 Å². The second-order valence-corrected chi connectivity index (χ2v) is 8.29. The molecule has 0 amide bonds. The number of piperidine rings is 1. The van der Waals surface area contributed by atoms with Crippen molar-refractivity contribution < 1.29 is 0 Å². The fourth-order valence-electron chi connectivity index (χ4n) is 3.15. The second kappa shape index (κ2) is 12.9. The number of aromatic nitrogens is 1. The molecule has 1 aliphatic heterocycles. The lowest BCUT2D eigenvalue weighted by Crippen LogP contribution is -2.40. The molecule has 5 nitrogen and oxygen atoms in total. The highest BCUT2D eigenvalue weighted by Crippen LogP contribution is 2.18. The minimum absolute atomic E-state index is 0. The maximum absolute atomic E-state index is 4.68. The lowest BCUT2D eigenvalue weighted by atomic mass is 10.0. The van der Waals surface area contributed by atoms with Crippen LogP contribution < -0.4 is 10.6 Å². The third-order valence-corrected chi connectivity index (χ3v) is 5.41. The summed E-state index contributed by atoms with van der Waals surface area (Å²) in [5, 5.41) is 10.0. The fraction of sp³-hybridized carbons (Fsp3) is 0.789. The average molecular weight is 494 g/mol. The van der Waals surface area contributed by atoms with E-state index in [1.165, 1.54) is 38.2 Å². The number of nitrogens with zero attached hydrogens (tertiary/aromatic N) is 3. The number of nitrogens with one attached hydrogen (secondary N) is 2. The van der Waals surface area contributed by atoms with Gasteiger partial charge in [0, 0.05) is 25.0 Å². The summed E-state index contributed by atoms with van der Waals surface area (Å²) in [4.78, 5) is 11.9. The van der Waals surface area contributed by atoms with Gasteiger partial charge in [-0.2, -0.15) is 0 Å². The minimum Gasteiger partial charge on any atom is -0.357 e. The van der Waals surface area contributed by atoms with Crippen molar-refractivity contribution in [2.24, 2.45) is 10.9 Å². The van der Waals surface area contributed by atoms with Crippen LogP contribution in [0.2, 0.25) is 0 Å². The number of aliphatic imine (C=N–C) groups is 1. The third-order valence-electron chi connectivity index (χ3n) is 4.56. The summed E-state index contributed by atoms with van der Waals surface area (Å²) in [7, 11) is 0. The first-order chi connectivity index (χ1) is 12.1. The Labute approximate surface area is 180 Å². The zero-order valence-corrected chi connectivity index (χ0v) is 19.9. The molecule has 0 bridgehead atoms. The summed E-state index contributed by atoms with van der Waals surface area (Å²) < 4.78 is 0. The summed E-state index contributed by atoms with van der Waals surface area (Å²) in [5.74, 6) is 2.24. The summed E-state index contributed by atoms with van der Waals surface area (Å²) >= 11 is 1.70. The number of rotatable bonds is 8. The minimum atomic E-state index is 0. The Morgan fingerprint density at radius 3 is 2.88 bits per heavy atom. The van der Waals surface area contributed by atoms with Gasteiger partial charge in [-0.25, -0.2) is 9.98 Å². The first-order valence-corrected chi connectivity index (χ1v) is 10.6. The van der Waals surface area contributed by atoms with Gasteiger partial charge in [-0.15, -0.1) is 35.3 Å². The fourth-order valence-corrected chi connectivity index (χ4v) is 4.03. The molecule has 2 heterocycles. The van der Waals surface area contributed by atoms with E-state index in [4.69, 9.17) is 0 Å². The molecule has 2 rings (SSSR count). The molecule has 0 radical (unpaired) electrons. The monoisotopic (exact) mass is 493 g/mol. The predicted octanol–water partition coefficient (Wildman–Crippen LogP) is 4.06. The molecule has 26 heavy (non-hydrogen) atoms. The zero-order valence-electron chi connectivity index (χ0n) is 16.8. The number of likely N-dealkylation sites (tertiary alicyclic amines) is 1. The maximum Gasteiger partial charge on any atom is 0.191 e. The zero-order chi connectivity index (χ0) is 18.1. The van der Waals surface area contributed by atoms with Crippen molar-refractivity contribution in [2.45, 2.75) is 59.4 Å². The van der Waals surface area contributed by atoms with Crippen LogP contribution in [0.3, 0.4) is 0 Å². The largest absolute Gasteiger partial charge is 0.357 e. The smallest absolute Gasteiger partial charge is 0.191 e. The molecule has 1 aromatic rings. The molecule has 0 spiro atoms. The Kier molecular flexibility index (Phi) is 11.7. The summed E-state index contributed by atoms with van der Waals surface area (Å²) in [5.41, 5.74) is 1.17. The van der Waals surface area contributed by atoms with E-state index in [-0.39, 0.29) is 24.0 Å². The molecular formula is C19H36IN5S. The number of halogens is 1. The van der Waals surface area contributed by atoms with Crippen LogP contribution in [0.15, 0.2) is 10.4 Å². The SMILES string of the molecule is CCNC(=NCc1nc(C(C)C)cs1)NCCCN1CCCC(C)C1.I. The van der Waals surface area contributed by atoms with Crippen LogP contribution in [-0.2, 0) is 6.54 Å². The quantitative estimate of drug-likeness (QED) is 0.248. The molecule has 0 saturated carbocycles. The molecule has 0 aliphatic carbocycles. The van der Waals surface area contributed by atoms with Crippen molar-refractivity contribution in [3.8, 4) is 0 Å². The van der Waals surface area contributed by atoms with Gasteiger partial charge in [0.05, 0.1) is 12.2 Å².